The van der Waals surface area contributed by atoms with Crippen molar-refractivity contribution in [1.82, 2.24) is 4.98 Å². The Morgan fingerprint density at radius 1 is 0.923 bits per heavy atom. The molecule has 0 spiro atoms. The molecule has 7 nitrogen and oxygen atoms in total. The molecule has 1 unspecified atom stereocenters. The lowest BCUT2D eigenvalue weighted by molar-refractivity contribution is -0.138. The molecule has 0 bridgehead atoms. The van der Waals surface area contributed by atoms with Gasteiger partial charge in [-0.25, -0.2) is 8.78 Å². The van der Waals surface area contributed by atoms with E-state index in [-0.39, 0.29) is 23.6 Å². The maximum absolute atomic E-state index is 14.4. The number of halogens is 2. The molecule has 0 N–H and O–H groups in total. The van der Waals surface area contributed by atoms with Crippen molar-refractivity contribution in [3.8, 4) is 11.1 Å². The number of Topliss-reactive ketones (excluding diaryl/α,β-unsaturated/α-hetero) is 2. The number of hydrogen-bond acceptors (Lipinski definition) is 7. The van der Waals surface area contributed by atoms with Crippen LogP contribution < -0.4 is 10.4 Å². The molecule has 2 aliphatic carbocycles. The first-order valence-electron chi connectivity index (χ1n) is 16.7. The second-order valence-electron chi connectivity index (χ2n) is 13.9. The molecule has 1 atom stereocenters. The van der Waals surface area contributed by atoms with E-state index in [2.05, 4.69) is 19.7 Å². The highest BCUT2D eigenvalue weighted by Crippen LogP contribution is 2.40. The topological polar surface area (TPSA) is 98.0 Å². The van der Waals surface area contributed by atoms with Crippen molar-refractivity contribution in [2.24, 2.45) is 15.4 Å². The maximum atomic E-state index is 14.4. The van der Waals surface area contributed by atoms with Crippen molar-refractivity contribution in [2.45, 2.75) is 52.6 Å². The predicted octanol–water partition coefficient (Wildman–Crippen LogP) is 7.29. The monoisotopic (exact) mass is 699 g/mol. The third-order valence-corrected chi connectivity index (χ3v) is 8.48. The second-order valence-corrected chi connectivity index (χ2v) is 13.9. The zero-order chi connectivity index (χ0) is 37.5. The number of ether oxygens (including phenoxy) is 1. The average molecular weight is 700 g/mol. The van der Waals surface area contributed by atoms with E-state index in [4.69, 9.17) is 0 Å². The second kappa shape index (κ2) is 15.9. The minimum Gasteiger partial charge on any atom is -0.462 e. The lowest BCUT2D eigenvalue weighted by Crippen LogP contribution is -2.42. The molecule has 3 aromatic carbocycles. The Morgan fingerprint density at radius 2 is 1.67 bits per heavy atom. The number of carbonyl (C=O) groups is 3. The normalized spacial score (nSPS) is 16.6. The van der Waals surface area contributed by atoms with Gasteiger partial charge in [0.05, 0.1) is 17.8 Å². The smallest absolute Gasteiger partial charge is 0.293 e. The fourth-order valence-electron chi connectivity index (χ4n) is 5.86. The molecule has 0 saturated carbocycles. The molecule has 0 radical (unpaired) electrons. The predicted molar refractivity (Wildman–Crippen MR) is 200 cm³/mol. The number of ketones is 2. The largest absolute Gasteiger partial charge is 0.462 e. The first kappa shape index (κ1) is 37.3. The first-order chi connectivity index (χ1) is 24.8. The molecular weight excluding hydrogens is 660 g/mol. The van der Waals surface area contributed by atoms with Gasteiger partial charge in [0.25, 0.3) is 6.47 Å². The first-order valence-corrected chi connectivity index (χ1v) is 16.7. The number of aromatic nitrogens is 1. The number of fused-ring (bicyclic) bond motifs is 6. The number of nitrogens with zero attached hydrogens (tertiary/aromatic N) is 3. The van der Waals surface area contributed by atoms with Gasteiger partial charge >= 0.3 is 0 Å². The molecule has 264 valence electrons. The summed E-state index contributed by atoms with van der Waals surface area (Å²) in [6.07, 6.45) is 14.4. The summed E-state index contributed by atoms with van der Waals surface area (Å²) >= 11 is 0. The molecule has 0 saturated heterocycles. The van der Waals surface area contributed by atoms with Crippen LogP contribution in [0, 0.1) is 17.0 Å². The highest BCUT2D eigenvalue weighted by Gasteiger charge is 2.35. The van der Waals surface area contributed by atoms with Gasteiger partial charge in [0.2, 0.25) is 0 Å². The number of rotatable bonds is 3. The highest BCUT2D eigenvalue weighted by atomic mass is 19.1. The summed E-state index contributed by atoms with van der Waals surface area (Å²) in [5, 5.41) is 1.48. The van der Waals surface area contributed by atoms with Crippen LogP contribution in [0.2, 0.25) is 0 Å². The number of pyridine rings is 1. The van der Waals surface area contributed by atoms with E-state index in [0.29, 0.717) is 17.6 Å². The lowest BCUT2D eigenvalue weighted by Gasteiger charge is -2.29. The Morgan fingerprint density at radius 3 is 2.29 bits per heavy atom. The van der Waals surface area contributed by atoms with Crippen LogP contribution in [0.3, 0.4) is 0 Å². The van der Waals surface area contributed by atoms with Gasteiger partial charge in [-0.3, -0.25) is 29.4 Å². The van der Waals surface area contributed by atoms with Gasteiger partial charge in [-0.1, -0.05) is 54.6 Å². The number of hydrogen-bond donors (Lipinski definition) is 0. The van der Waals surface area contributed by atoms with Crippen LogP contribution in [0.15, 0.2) is 119 Å². The Labute approximate surface area is 301 Å². The standard InChI is InChI=1S/C27H20F2O2.C6H4N2.C5H5N.C5H10O2/c1-27(2)14-22-15(12-24(27)30)8-10-20-18-5-3-4-6-19(18)21(26(31)25(20)22)11-16-7-9-17(28)13-23(16)29;1-2-8-6-4-7-3-5(1)6;1-2-4-6-5-3-1;1-5(2,3)7-4-6/h3-10,12-14,21H,11H2,1-2H3;1-4H;1-5H;4H,1-3H3. The van der Waals surface area contributed by atoms with Crippen molar-refractivity contribution in [2.75, 3.05) is 0 Å². The van der Waals surface area contributed by atoms with E-state index in [9.17, 15) is 23.2 Å². The van der Waals surface area contributed by atoms with Gasteiger partial charge in [-0.15, -0.1) is 0 Å². The maximum Gasteiger partial charge on any atom is 0.293 e. The quantitative estimate of drug-likeness (QED) is 0.209. The van der Waals surface area contributed by atoms with Crippen LogP contribution >= 0.6 is 0 Å². The zero-order valence-electron chi connectivity index (χ0n) is 29.6. The van der Waals surface area contributed by atoms with Crippen LogP contribution in [-0.2, 0) is 20.7 Å². The van der Waals surface area contributed by atoms with Crippen molar-refractivity contribution in [1.29, 1.82) is 0 Å². The number of benzene rings is 3. The third-order valence-electron chi connectivity index (χ3n) is 8.48. The summed E-state index contributed by atoms with van der Waals surface area (Å²) in [4.78, 5) is 47.6. The van der Waals surface area contributed by atoms with Crippen molar-refractivity contribution >= 4 is 42.6 Å². The Bertz CT molecular complexity index is 2200. The molecule has 0 amide bonds. The molecule has 52 heavy (non-hydrogen) atoms. The van der Waals surface area contributed by atoms with Gasteiger partial charge < -0.3 is 4.74 Å². The van der Waals surface area contributed by atoms with E-state index in [1.807, 2.05) is 108 Å². The van der Waals surface area contributed by atoms with Crippen LogP contribution in [0.5, 0.6) is 0 Å². The van der Waals surface area contributed by atoms with E-state index < -0.39 is 23.0 Å². The number of carbonyl (C=O) groups excluding carboxylic acids is 3. The average Bonchev–Trinajstić information content (AvgIpc) is 3.75. The summed E-state index contributed by atoms with van der Waals surface area (Å²) < 4.78 is 32.4. The zero-order valence-corrected chi connectivity index (χ0v) is 29.6. The molecule has 1 aromatic heterocycles. The molecule has 0 fully saturated rings. The summed E-state index contributed by atoms with van der Waals surface area (Å²) in [5.74, 6) is -2.01. The molecule has 4 aromatic rings. The van der Waals surface area contributed by atoms with E-state index in [0.717, 1.165) is 44.5 Å². The van der Waals surface area contributed by atoms with Crippen LogP contribution in [0.25, 0.3) is 23.3 Å². The highest BCUT2D eigenvalue weighted by molar-refractivity contribution is 6.15. The van der Waals surface area contributed by atoms with Crippen LogP contribution in [-0.4, -0.2) is 41.1 Å². The SMILES string of the molecule is C1=NC=C2N=CC=C12.CC(C)(C)OC=O.CC1(C)C=c2c3c(ccc2=CC1=O)-c1ccccc1C(Cc1ccc(F)cc1F)C3=O.c1ccncc1. The van der Waals surface area contributed by atoms with E-state index in [1.54, 1.807) is 30.9 Å². The van der Waals surface area contributed by atoms with Crippen molar-refractivity contribution < 1.29 is 27.9 Å². The Hall–Kier alpha value is -5.96. The summed E-state index contributed by atoms with van der Waals surface area (Å²) in [6.45, 7) is 9.59. The summed E-state index contributed by atoms with van der Waals surface area (Å²) in [7, 11) is 0. The van der Waals surface area contributed by atoms with Crippen LogP contribution in [0.1, 0.15) is 62.0 Å². The van der Waals surface area contributed by atoms with Crippen molar-refractivity contribution in [3.05, 3.63) is 147 Å². The van der Waals surface area contributed by atoms with Gasteiger partial charge in [-0.05, 0) is 104 Å². The minimum absolute atomic E-state index is 0.00598. The number of allylic oxidation sites excluding steroid dienone is 2. The van der Waals surface area contributed by atoms with Gasteiger partial charge in [0, 0.05) is 47.4 Å². The number of aliphatic imine (C=N–C) groups is 2. The Balaban J connectivity index is 0.000000199. The molecule has 8 rings (SSSR count). The Kier molecular flexibility index (Phi) is 11.4. The van der Waals surface area contributed by atoms with Crippen LogP contribution in [0.4, 0.5) is 8.78 Å². The van der Waals surface area contributed by atoms with E-state index in [1.165, 1.54) is 12.1 Å². The van der Waals surface area contributed by atoms with Gasteiger partial charge in [-0.2, -0.15) is 0 Å². The molecule has 3 heterocycles. The third kappa shape index (κ3) is 8.84. The minimum atomic E-state index is -0.710. The van der Waals surface area contributed by atoms with Gasteiger partial charge in [0.1, 0.15) is 17.2 Å². The summed E-state index contributed by atoms with van der Waals surface area (Å²) in [5.41, 5.74) is 4.54. The summed E-state index contributed by atoms with van der Waals surface area (Å²) in [6, 6.07) is 20.6. The lowest BCUT2D eigenvalue weighted by atomic mass is 9.73. The molecule has 2 aliphatic heterocycles. The fourth-order valence-corrected chi connectivity index (χ4v) is 5.86. The van der Waals surface area contributed by atoms with Crippen molar-refractivity contribution in [3.63, 3.8) is 0 Å². The van der Waals surface area contributed by atoms with Gasteiger partial charge in [0.15, 0.2) is 11.6 Å². The fraction of sp³-hybridized carbons (Fsp3) is 0.209. The molecular formula is C43H39F2N3O4. The van der Waals surface area contributed by atoms with E-state index >= 15 is 0 Å². The molecule has 9 heteroatoms. The molecule has 4 aliphatic rings.